The van der Waals surface area contributed by atoms with Gasteiger partial charge in [-0.05, 0) is 24.6 Å². The van der Waals surface area contributed by atoms with Gasteiger partial charge in [0, 0.05) is 33.9 Å². The van der Waals surface area contributed by atoms with Gasteiger partial charge in [0.1, 0.15) is 0 Å². The fourth-order valence-electron chi connectivity index (χ4n) is 1.77. The second-order valence-electron chi connectivity index (χ2n) is 4.30. The van der Waals surface area contributed by atoms with Crippen molar-refractivity contribution in [3.8, 4) is 0 Å². The van der Waals surface area contributed by atoms with Crippen molar-refractivity contribution in [2.24, 2.45) is 12.8 Å². The van der Waals surface area contributed by atoms with Gasteiger partial charge < -0.3 is 5.73 Å². The summed E-state index contributed by atoms with van der Waals surface area (Å²) in [5, 5.41) is 4.41. The molecule has 1 aromatic carbocycles. The number of thioether (sulfide) groups is 1. The highest BCUT2D eigenvalue weighted by Gasteiger charge is 2.18. The van der Waals surface area contributed by atoms with Crippen molar-refractivity contribution in [2.45, 2.75) is 23.1 Å². The molecule has 2 atom stereocenters. The molecular formula is C13H16BrN3S. The second-order valence-corrected chi connectivity index (χ2v) is 6.43. The molecule has 0 saturated heterocycles. The van der Waals surface area contributed by atoms with Crippen LogP contribution in [0.25, 0.3) is 0 Å². The molecule has 2 N–H and O–H groups in total. The minimum atomic E-state index is 0.0736. The SMILES string of the molecule is CC(N)C(Sc1cnn(C)c1)c1cccc(Br)c1. The summed E-state index contributed by atoms with van der Waals surface area (Å²) >= 11 is 5.25. The summed E-state index contributed by atoms with van der Waals surface area (Å²) in [4.78, 5) is 1.14. The normalized spacial score (nSPS) is 14.4. The topological polar surface area (TPSA) is 43.8 Å². The number of rotatable bonds is 4. The maximum Gasteiger partial charge on any atom is 0.0626 e. The van der Waals surface area contributed by atoms with E-state index in [9.17, 15) is 0 Å². The molecule has 96 valence electrons. The molecule has 0 aliphatic rings. The molecule has 0 aliphatic carbocycles. The number of hydrogen-bond donors (Lipinski definition) is 1. The van der Waals surface area contributed by atoms with Gasteiger partial charge in [0.15, 0.2) is 0 Å². The molecule has 5 heteroatoms. The molecule has 0 aliphatic heterocycles. The Labute approximate surface area is 120 Å². The number of nitrogens with zero attached hydrogens (tertiary/aromatic N) is 2. The molecule has 2 rings (SSSR count). The first-order chi connectivity index (χ1) is 8.56. The van der Waals surface area contributed by atoms with Gasteiger partial charge in [0.05, 0.1) is 6.20 Å². The fraction of sp³-hybridized carbons (Fsp3) is 0.308. The maximum absolute atomic E-state index is 6.11. The van der Waals surface area contributed by atoms with Crippen molar-refractivity contribution >= 4 is 27.7 Å². The summed E-state index contributed by atoms with van der Waals surface area (Å²) < 4.78 is 2.89. The van der Waals surface area contributed by atoms with Crippen molar-refractivity contribution in [3.05, 3.63) is 46.7 Å². The number of aryl methyl sites for hydroxylation is 1. The van der Waals surface area contributed by atoms with E-state index >= 15 is 0 Å². The molecule has 0 bridgehead atoms. The molecule has 1 heterocycles. The van der Waals surface area contributed by atoms with Crippen LogP contribution in [-0.2, 0) is 7.05 Å². The monoisotopic (exact) mass is 325 g/mol. The Morgan fingerprint density at radius 2 is 2.22 bits per heavy atom. The van der Waals surface area contributed by atoms with Crippen LogP contribution in [-0.4, -0.2) is 15.8 Å². The van der Waals surface area contributed by atoms with Gasteiger partial charge in [-0.3, -0.25) is 4.68 Å². The van der Waals surface area contributed by atoms with Crippen LogP contribution in [0.5, 0.6) is 0 Å². The van der Waals surface area contributed by atoms with Crippen LogP contribution in [0.1, 0.15) is 17.7 Å². The third kappa shape index (κ3) is 3.37. The van der Waals surface area contributed by atoms with E-state index in [1.807, 2.05) is 43.2 Å². The van der Waals surface area contributed by atoms with E-state index in [2.05, 4.69) is 33.2 Å². The average Bonchev–Trinajstić information content (AvgIpc) is 2.71. The number of benzene rings is 1. The van der Waals surface area contributed by atoms with Crippen molar-refractivity contribution < 1.29 is 0 Å². The predicted octanol–water partition coefficient (Wildman–Crippen LogP) is 3.36. The first-order valence-electron chi connectivity index (χ1n) is 5.72. The number of halogens is 1. The van der Waals surface area contributed by atoms with E-state index in [1.54, 1.807) is 11.8 Å². The van der Waals surface area contributed by atoms with Gasteiger partial charge >= 0.3 is 0 Å². The summed E-state index contributed by atoms with van der Waals surface area (Å²) in [7, 11) is 1.92. The van der Waals surface area contributed by atoms with E-state index in [0.717, 1.165) is 9.37 Å². The average molecular weight is 326 g/mol. The highest BCUT2D eigenvalue weighted by molar-refractivity contribution is 9.10. The molecule has 0 fully saturated rings. The van der Waals surface area contributed by atoms with Gasteiger partial charge in [-0.1, -0.05) is 28.1 Å². The second kappa shape index (κ2) is 5.91. The van der Waals surface area contributed by atoms with Crippen molar-refractivity contribution in [3.63, 3.8) is 0 Å². The van der Waals surface area contributed by atoms with Crippen molar-refractivity contribution in [2.75, 3.05) is 0 Å². The zero-order valence-electron chi connectivity index (χ0n) is 10.4. The summed E-state index contributed by atoms with van der Waals surface area (Å²) in [6.45, 7) is 2.04. The molecule has 0 amide bonds. The first-order valence-corrected chi connectivity index (χ1v) is 7.40. The highest BCUT2D eigenvalue weighted by atomic mass is 79.9. The van der Waals surface area contributed by atoms with E-state index in [4.69, 9.17) is 5.73 Å². The third-order valence-electron chi connectivity index (χ3n) is 2.60. The fourth-order valence-corrected chi connectivity index (χ4v) is 3.30. The van der Waals surface area contributed by atoms with E-state index in [-0.39, 0.29) is 11.3 Å². The lowest BCUT2D eigenvalue weighted by Crippen LogP contribution is -2.22. The lowest BCUT2D eigenvalue weighted by atomic mass is 10.1. The molecule has 0 spiro atoms. The quantitative estimate of drug-likeness (QED) is 0.876. The highest BCUT2D eigenvalue weighted by Crippen LogP contribution is 2.37. The molecule has 3 nitrogen and oxygen atoms in total. The number of nitrogens with two attached hydrogens (primary N) is 1. The van der Waals surface area contributed by atoms with Crippen molar-refractivity contribution in [1.82, 2.24) is 9.78 Å². The summed E-state index contributed by atoms with van der Waals surface area (Å²) in [6, 6.07) is 8.37. The predicted molar refractivity (Wildman–Crippen MR) is 79.6 cm³/mol. The van der Waals surface area contributed by atoms with Crippen LogP contribution in [0, 0.1) is 0 Å². The smallest absolute Gasteiger partial charge is 0.0626 e. The lowest BCUT2D eigenvalue weighted by Gasteiger charge is -2.20. The molecule has 0 radical (unpaired) electrons. The van der Waals surface area contributed by atoms with E-state index < -0.39 is 0 Å². The first kappa shape index (κ1) is 13.6. The molecular weight excluding hydrogens is 310 g/mol. The molecule has 1 aromatic heterocycles. The third-order valence-corrected chi connectivity index (χ3v) is 4.53. The van der Waals surface area contributed by atoms with Crippen LogP contribution < -0.4 is 5.73 Å². The maximum atomic E-state index is 6.11. The Bertz CT molecular complexity index is 524. The molecule has 18 heavy (non-hydrogen) atoms. The molecule has 0 saturated carbocycles. The van der Waals surface area contributed by atoms with Gasteiger partial charge in [-0.25, -0.2) is 0 Å². The van der Waals surface area contributed by atoms with Gasteiger partial charge in [-0.15, -0.1) is 11.8 Å². The largest absolute Gasteiger partial charge is 0.327 e. The summed E-state index contributed by atoms with van der Waals surface area (Å²) in [5.41, 5.74) is 7.34. The minimum Gasteiger partial charge on any atom is -0.327 e. The minimum absolute atomic E-state index is 0.0736. The van der Waals surface area contributed by atoms with E-state index in [1.165, 1.54) is 5.56 Å². The summed E-state index contributed by atoms with van der Waals surface area (Å²) in [5.74, 6) is 0. The standard InChI is InChI=1S/C13H16BrN3S/c1-9(15)13(10-4-3-5-11(14)6-10)18-12-7-16-17(2)8-12/h3-9,13H,15H2,1-2H3. The van der Waals surface area contributed by atoms with Gasteiger partial charge in [0.25, 0.3) is 0 Å². The van der Waals surface area contributed by atoms with Crippen LogP contribution in [0.15, 0.2) is 46.0 Å². The zero-order chi connectivity index (χ0) is 13.1. The van der Waals surface area contributed by atoms with Crippen molar-refractivity contribution in [1.29, 1.82) is 0 Å². The zero-order valence-corrected chi connectivity index (χ0v) is 12.8. The number of aromatic nitrogens is 2. The Morgan fingerprint density at radius 1 is 1.44 bits per heavy atom. The van der Waals surface area contributed by atoms with Gasteiger partial charge in [0.2, 0.25) is 0 Å². The Kier molecular flexibility index (Phi) is 4.48. The Hall–Kier alpha value is -0.780. The van der Waals surface area contributed by atoms with Crippen LogP contribution in [0.4, 0.5) is 0 Å². The molecule has 2 unspecified atom stereocenters. The van der Waals surface area contributed by atoms with Gasteiger partial charge in [-0.2, -0.15) is 5.10 Å². The summed E-state index contributed by atoms with van der Waals surface area (Å²) in [6.07, 6.45) is 3.88. The molecule has 2 aromatic rings. The Morgan fingerprint density at radius 3 is 2.78 bits per heavy atom. The number of hydrogen-bond acceptors (Lipinski definition) is 3. The van der Waals surface area contributed by atoms with E-state index in [0.29, 0.717) is 0 Å². The van der Waals surface area contributed by atoms with Crippen LogP contribution in [0.3, 0.4) is 0 Å². The Balaban J connectivity index is 2.23. The lowest BCUT2D eigenvalue weighted by molar-refractivity contribution is 0.721. The van der Waals surface area contributed by atoms with Crippen LogP contribution in [0.2, 0.25) is 0 Å². The van der Waals surface area contributed by atoms with Crippen LogP contribution >= 0.6 is 27.7 Å².